The minimum Gasteiger partial charge on any atom is -0.454 e. The first-order valence-electron chi connectivity index (χ1n) is 8.47. The van der Waals surface area contributed by atoms with Gasteiger partial charge < -0.3 is 14.8 Å². The Labute approximate surface area is 158 Å². The van der Waals surface area contributed by atoms with Crippen LogP contribution in [0.4, 0.5) is 5.69 Å². The molecule has 2 aromatic carbocycles. The Morgan fingerprint density at radius 1 is 1.15 bits per heavy atom. The Morgan fingerprint density at radius 3 is 2.48 bits per heavy atom. The maximum Gasteiger partial charge on any atom is 0.241 e. The van der Waals surface area contributed by atoms with Gasteiger partial charge in [-0.15, -0.1) is 0 Å². The molecular formula is C19H22N2O5S. The minimum absolute atomic E-state index is 0.0895. The van der Waals surface area contributed by atoms with E-state index in [1.54, 1.807) is 18.2 Å². The van der Waals surface area contributed by atoms with Crippen molar-refractivity contribution in [3.8, 4) is 11.5 Å². The second-order valence-electron chi connectivity index (χ2n) is 6.51. The quantitative estimate of drug-likeness (QED) is 0.819. The fraction of sp³-hybridized carbons (Fsp3) is 0.316. The summed E-state index contributed by atoms with van der Waals surface area (Å²) in [5.74, 6) is 0.602. The molecule has 0 spiro atoms. The van der Waals surface area contributed by atoms with Gasteiger partial charge in [0.15, 0.2) is 11.5 Å². The molecule has 7 nitrogen and oxygen atoms in total. The molecular weight excluding hydrogens is 368 g/mol. The van der Waals surface area contributed by atoms with Crippen molar-refractivity contribution in [3.05, 3.63) is 53.6 Å². The maximum absolute atomic E-state index is 12.5. The van der Waals surface area contributed by atoms with E-state index in [1.807, 2.05) is 38.1 Å². The maximum atomic E-state index is 12.5. The van der Waals surface area contributed by atoms with Crippen LogP contribution in [-0.2, 0) is 14.8 Å². The highest BCUT2D eigenvalue weighted by molar-refractivity contribution is 7.92. The number of sulfonamides is 1. The first kappa shape index (κ1) is 19.0. The van der Waals surface area contributed by atoms with Crippen LogP contribution in [0.5, 0.6) is 11.5 Å². The van der Waals surface area contributed by atoms with Gasteiger partial charge in [-0.05, 0) is 31.5 Å². The third kappa shape index (κ3) is 4.51. The van der Waals surface area contributed by atoms with E-state index in [1.165, 1.54) is 0 Å². The number of nitrogens with one attached hydrogen (secondary N) is 1. The van der Waals surface area contributed by atoms with Crippen LogP contribution in [0.3, 0.4) is 0 Å². The summed E-state index contributed by atoms with van der Waals surface area (Å²) >= 11 is 0. The van der Waals surface area contributed by atoms with Crippen molar-refractivity contribution in [2.75, 3.05) is 23.9 Å². The van der Waals surface area contributed by atoms with Crippen molar-refractivity contribution < 1.29 is 22.7 Å². The number of ether oxygens (including phenoxy) is 2. The van der Waals surface area contributed by atoms with E-state index in [4.69, 9.17) is 9.47 Å². The van der Waals surface area contributed by atoms with Crippen LogP contribution in [0.15, 0.2) is 42.5 Å². The predicted octanol–water partition coefficient (Wildman–Crippen LogP) is 2.37. The topological polar surface area (TPSA) is 84.9 Å². The van der Waals surface area contributed by atoms with Gasteiger partial charge in [-0.2, -0.15) is 0 Å². The third-order valence-electron chi connectivity index (χ3n) is 4.29. The molecule has 0 saturated heterocycles. The van der Waals surface area contributed by atoms with Crippen LogP contribution in [0.2, 0.25) is 0 Å². The molecule has 0 fully saturated rings. The molecule has 3 rings (SSSR count). The zero-order chi connectivity index (χ0) is 19.6. The van der Waals surface area contributed by atoms with Crippen molar-refractivity contribution >= 4 is 21.6 Å². The summed E-state index contributed by atoms with van der Waals surface area (Å²) in [7, 11) is -3.66. The molecule has 0 saturated carbocycles. The highest BCUT2D eigenvalue weighted by Gasteiger charge is 2.24. The zero-order valence-corrected chi connectivity index (χ0v) is 16.2. The Morgan fingerprint density at radius 2 is 1.81 bits per heavy atom. The van der Waals surface area contributed by atoms with Crippen LogP contribution in [-0.4, -0.2) is 33.9 Å². The van der Waals surface area contributed by atoms with Crippen molar-refractivity contribution in [3.63, 3.8) is 0 Å². The summed E-state index contributed by atoms with van der Waals surface area (Å²) in [6.45, 7) is 3.61. The first-order valence-corrected chi connectivity index (χ1v) is 10.3. The van der Waals surface area contributed by atoms with Gasteiger partial charge in [0.1, 0.15) is 6.54 Å². The SMILES string of the molecule is Cc1ccc([C@H](C)NC(=O)CN(c2ccc3c(c2)OCO3)S(C)(=O)=O)cc1. The normalized spacial score (nSPS) is 13.9. The first-order chi connectivity index (χ1) is 12.7. The fourth-order valence-corrected chi connectivity index (χ4v) is 3.64. The van der Waals surface area contributed by atoms with Gasteiger partial charge in [-0.1, -0.05) is 29.8 Å². The highest BCUT2D eigenvalue weighted by atomic mass is 32.2. The molecule has 0 aromatic heterocycles. The standard InChI is InChI=1S/C19H22N2O5S/c1-13-4-6-15(7-5-13)14(2)20-19(22)11-21(27(3,23)24)16-8-9-17-18(10-16)26-12-25-17/h4-10,14H,11-12H2,1-3H3,(H,20,22)/t14-/m0/s1. The number of carbonyl (C=O) groups is 1. The average Bonchev–Trinajstić information content (AvgIpc) is 3.06. The molecule has 1 aliphatic rings. The Hall–Kier alpha value is -2.74. The van der Waals surface area contributed by atoms with Gasteiger partial charge in [-0.3, -0.25) is 9.10 Å². The predicted molar refractivity (Wildman–Crippen MR) is 102 cm³/mol. The lowest BCUT2D eigenvalue weighted by molar-refractivity contribution is -0.120. The molecule has 1 N–H and O–H groups in total. The van der Waals surface area contributed by atoms with Crippen molar-refractivity contribution in [2.45, 2.75) is 19.9 Å². The highest BCUT2D eigenvalue weighted by Crippen LogP contribution is 2.36. The van der Waals surface area contributed by atoms with Gasteiger partial charge in [-0.25, -0.2) is 8.42 Å². The zero-order valence-electron chi connectivity index (χ0n) is 15.4. The number of nitrogens with zero attached hydrogens (tertiary/aromatic N) is 1. The molecule has 2 aromatic rings. The smallest absolute Gasteiger partial charge is 0.241 e. The molecule has 1 aliphatic heterocycles. The number of rotatable bonds is 6. The molecule has 1 amide bonds. The van der Waals surface area contributed by atoms with Gasteiger partial charge in [0.25, 0.3) is 0 Å². The fourth-order valence-electron chi connectivity index (χ4n) is 2.80. The van der Waals surface area contributed by atoms with Gasteiger partial charge >= 0.3 is 0 Å². The van der Waals surface area contributed by atoms with E-state index >= 15 is 0 Å². The van der Waals surface area contributed by atoms with Crippen LogP contribution in [0.1, 0.15) is 24.1 Å². The molecule has 1 heterocycles. The average molecular weight is 390 g/mol. The molecule has 0 radical (unpaired) electrons. The number of benzene rings is 2. The van der Waals surface area contributed by atoms with Crippen LogP contribution in [0.25, 0.3) is 0 Å². The second kappa shape index (κ2) is 7.48. The van der Waals surface area contributed by atoms with Crippen LogP contribution >= 0.6 is 0 Å². The van der Waals surface area contributed by atoms with E-state index in [0.29, 0.717) is 17.2 Å². The molecule has 27 heavy (non-hydrogen) atoms. The molecule has 1 atom stereocenters. The summed E-state index contributed by atoms with van der Waals surface area (Å²) in [6.07, 6.45) is 1.06. The van der Waals surface area contributed by atoms with Crippen LogP contribution < -0.4 is 19.1 Å². The van der Waals surface area contributed by atoms with E-state index in [2.05, 4.69) is 5.32 Å². The minimum atomic E-state index is -3.66. The number of anilines is 1. The van der Waals surface area contributed by atoms with Gasteiger partial charge in [0.05, 0.1) is 18.0 Å². The van der Waals surface area contributed by atoms with Crippen molar-refractivity contribution in [1.29, 1.82) is 0 Å². The van der Waals surface area contributed by atoms with E-state index < -0.39 is 15.9 Å². The van der Waals surface area contributed by atoms with E-state index in [0.717, 1.165) is 21.7 Å². The number of hydrogen-bond acceptors (Lipinski definition) is 5. The largest absolute Gasteiger partial charge is 0.454 e. The number of fused-ring (bicyclic) bond motifs is 1. The third-order valence-corrected chi connectivity index (χ3v) is 5.43. The lowest BCUT2D eigenvalue weighted by Crippen LogP contribution is -2.41. The molecule has 144 valence electrons. The summed E-state index contributed by atoms with van der Waals surface area (Å²) in [4.78, 5) is 12.5. The van der Waals surface area contributed by atoms with Crippen LogP contribution in [0, 0.1) is 6.92 Å². The number of amides is 1. The summed E-state index contributed by atoms with van der Waals surface area (Å²) in [5.41, 5.74) is 2.42. The lowest BCUT2D eigenvalue weighted by Gasteiger charge is -2.23. The summed E-state index contributed by atoms with van der Waals surface area (Å²) in [6, 6.07) is 12.3. The number of aryl methyl sites for hydroxylation is 1. The van der Waals surface area contributed by atoms with Crippen molar-refractivity contribution in [1.82, 2.24) is 5.32 Å². The summed E-state index contributed by atoms with van der Waals surface area (Å²) < 4.78 is 36.1. The second-order valence-corrected chi connectivity index (χ2v) is 8.41. The Bertz CT molecular complexity index is 941. The number of hydrogen-bond donors (Lipinski definition) is 1. The number of carbonyl (C=O) groups excluding carboxylic acids is 1. The molecule has 8 heteroatoms. The van der Waals surface area contributed by atoms with Gasteiger partial charge in [0.2, 0.25) is 22.7 Å². The van der Waals surface area contributed by atoms with Gasteiger partial charge in [0, 0.05) is 6.07 Å². The monoisotopic (exact) mass is 390 g/mol. The summed E-state index contributed by atoms with van der Waals surface area (Å²) in [5, 5.41) is 2.84. The van der Waals surface area contributed by atoms with Crippen molar-refractivity contribution in [2.24, 2.45) is 0 Å². The molecule has 0 unspecified atom stereocenters. The Balaban J connectivity index is 1.75. The Kier molecular flexibility index (Phi) is 5.27. The van der Waals surface area contributed by atoms with E-state index in [9.17, 15) is 13.2 Å². The lowest BCUT2D eigenvalue weighted by atomic mass is 10.1. The molecule has 0 aliphatic carbocycles. The van der Waals surface area contributed by atoms with E-state index in [-0.39, 0.29) is 19.4 Å². The molecule has 0 bridgehead atoms.